The van der Waals surface area contributed by atoms with Gasteiger partial charge in [0.25, 0.3) is 5.91 Å². The number of aliphatic imine (C=N–C) groups is 1. The van der Waals surface area contributed by atoms with Crippen LogP contribution in [0, 0.1) is 33.1 Å². The molecule has 5 heterocycles. The van der Waals surface area contributed by atoms with Crippen LogP contribution in [0.1, 0.15) is 113 Å². The Kier molecular flexibility index (Phi) is 13.8. The number of nitrogens with one attached hydrogen (secondary N) is 2. The second-order valence-corrected chi connectivity index (χ2v) is 20.9. The number of halogens is 3. The number of benzene rings is 3. The molecule has 0 unspecified atom stereocenters. The number of thiazole rings is 1. The van der Waals surface area contributed by atoms with Crippen molar-refractivity contribution < 1.29 is 42.2 Å². The Morgan fingerprint density at radius 2 is 1.56 bits per heavy atom. The number of thiophene rings is 1. The van der Waals surface area contributed by atoms with Gasteiger partial charge in [-0.15, -0.1) is 32.9 Å². The average Bonchev–Trinajstić information content (AvgIpc) is 4.09. The molecule has 3 N–H and O–H groups in total. The van der Waals surface area contributed by atoms with Crippen LogP contribution in [0.4, 0.5) is 13.2 Å². The fourth-order valence-corrected chi connectivity index (χ4v) is 11.0. The number of likely N-dealkylation sites (tertiary alicyclic amines) is 1. The third-order valence-electron chi connectivity index (χ3n) is 12.9. The number of hydrogen-bond acceptors (Lipinski definition) is 12. The molecule has 5 atom stereocenters. The van der Waals surface area contributed by atoms with Gasteiger partial charge >= 0.3 is 12.1 Å². The molecule has 1 saturated heterocycles. The number of aryl methyl sites for hydroxylation is 3. The largest absolute Gasteiger partial charge is 0.469 e. The van der Waals surface area contributed by atoms with Crippen molar-refractivity contribution in [1.29, 1.82) is 0 Å². The lowest BCUT2D eigenvalue weighted by atomic mass is 9.85. The molecule has 366 valence electrons. The van der Waals surface area contributed by atoms with Gasteiger partial charge in [-0.05, 0) is 80.0 Å². The van der Waals surface area contributed by atoms with E-state index in [1.54, 1.807) is 57.5 Å². The van der Waals surface area contributed by atoms with Crippen LogP contribution in [-0.4, -0.2) is 91.0 Å². The van der Waals surface area contributed by atoms with E-state index in [1.165, 1.54) is 40.7 Å². The Bertz CT molecular complexity index is 3030. The predicted octanol–water partition coefficient (Wildman–Crippen LogP) is 8.81. The molecular formula is C51H53F3N8O6S2. The highest BCUT2D eigenvalue weighted by Gasteiger charge is 2.46. The molecule has 3 amide bonds. The number of esters is 1. The fraction of sp³-hybridized carbons (Fsp3) is 0.373. The molecule has 0 radical (unpaired) electrons. The Hall–Kier alpha value is -6.57. The van der Waals surface area contributed by atoms with Gasteiger partial charge in [-0.25, -0.2) is 4.98 Å². The average molecular weight is 995 g/mol. The Labute approximate surface area is 411 Å². The first-order valence-electron chi connectivity index (χ1n) is 22.6. The van der Waals surface area contributed by atoms with Gasteiger partial charge in [0.15, 0.2) is 5.82 Å². The molecule has 1 fully saturated rings. The Balaban J connectivity index is 1.03. The number of ether oxygens (including phenoxy) is 1. The topological polar surface area (TPSA) is 181 Å². The first kappa shape index (κ1) is 49.8. The van der Waals surface area contributed by atoms with Crippen molar-refractivity contribution in [3.8, 4) is 26.6 Å². The number of amides is 3. The normalized spacial score (nSPS) is 17.8. The number of aromatic nitrogens is 4. The van der Waals surface area contributed by atoms with Crippen molar-refractivity contribution in [2.45, 2.75) is 105 Å². The minimum absolute atomic E-state index is 0.0684. The lowest BCUT2D eigenvalue weighted by molar-refractivity contribution is -0.142. The SMILES string of the molecule is COC(=O)C[C@@H]1N=C(c2ccc(-c3ccc(C(=O)N[C@H](C(=O)N4C[C@H](O)C[C@H]4C(=O)N[C@@H](C)c4ccc(-c5scnc5C)cc4)C(C)(C)C)c(C(F)(F)F)c3)cc2)c2c(sc(C)c2C)-n2c(C)nnc21. The second kappa shape index (κ2) is 19.3. The predicted molar refractivity (Wildman–Crippen MR) is 261 cm³/mol. The summed E-state index contributed by atoms with van der Waals surface area (Å²) in [7, 11) is 1.30. The lowest BCUT2D eigenvalue weighted by Gasteiger charge is -2.35. The molecule has 3 aromatic carbocycles. The van der Waals surface area contributed by atoms with E-state index in [2.05, 4.69) is 25.8 Å². The molecule has 2 aliphatic rings. The molecule has 0 aliphatic carbocycles. The van der Waals surface area contributed by atoms with E-state index >= 15 is 0 Å². The van der Waals surface area contributed by atoms with E-state index in [9.17, 15) is 37.5 Å². The molecule has 3 aromatic heterocycles. The van der Waals surface area contributed by atoms with E-state index in [0.717, 1.165) is 54.8 Å². The summed E-state index contributed by atoms with van der Waals surface area (Å²) in [4.78, 5) is 67.5. The molecule has 2 aliphatic heterocycles. The summed E-state index contributed by atoms with van der Waals surface area (Å²) in [6.07, 6.45) is -6.20. The highest BCUT2D eigenvalue weighted by atomic mass is 32.1. The van der Waals surface area contributed by atoms with Gasteiger partial charge in [0.05, 0.1) is 58.6 Å². The number of carbonyl (C=O) groups is 4. The van der Waals surface area contributed by atoms with Gasteiger partial charge in [-0.2, -0.15) is 13.2 Å². The van der Waals surface area contributed by atoms with Crippen LogP contribution in [0.2, 0.25) is 0 Å². The summed E-state index contributed by atoms with van der Waals surface area (Å²) in [5.41, 5.74) is 5.14. The highest BCUT2D eigenvalue weighted by molar-refractivity contribution is 7.15. The minimum Gasteiger partial charge on any atom is -0.469 e. The Morgan fingerprint density at radius 1 is 0.900 bits per heavy atom. The monoisotopic (exact) mass is 994 g/mol. The number of fused-ring (bicyclic) bond motifs is 3. The summed E-state index contributed by atoms with van der Waals surface area (Å²) in [6.45, 7) is 14.3. The van der Waals surface area contributed by atoms with Crippen LogP contribution in [0.25, 0.3) is 26.6 Å². The zero-order chi connectivity index (χ0) is 50.6. The number of nitrogens with zero attached hydrogens (tertiary/aromatic N) is 6. The number of β-amino-alcohol motifs (C(OH)–C–C–N with tert-alkyl or cyclic N) is 1. The van der Waals surface area contributed by atoms with E-state index in [1.807, 2.05) is 56.5 Å². The van der Waals surface area contributed by atoms with Crippen LogP contribution < -0.4 is 10.6 Å². The highest BCUT2D eigenvalue weighted by Crippen LogP contribution is 2.41. The zero-order valence-electron chi connectivity index (χ0n) is 40.1. The molecule has 0 saturated carbocycles. The van der Waals surface area contributed by atoms with Crippen LogP contribution in [0.3, 0.4) is 0 Å². The number of aliphatic hydroxyl groups excluding tert-OH is 1. The summed E-state index contributed by atoms with van der Waals surface area (Å²) in [5, 5.41) is 25.8. The van der Waals surface area contributed by atoms with Crippen molar-refractivity contribution in [3.63, 3.8) is 0 Å². The van der Waals surface area contributed by atoms with Gasteiger partial charge in [-0.1, -0.05) is 75.4 Å². The first-order valence-corrected chi connectivity index (χ1v) is 24.3. The number of rotatable bonds is 11. The summed E-state index contributed by atoms with van der Waals surface area (Å²) >= 11 is 3.06. The number of methoxy groups -OCH3 is 1. The number of carbonyl (C=O) groups excluding carboxylic acids is 4. The Morgan fingerprint density at radius 3 is 2.19 bits per heavy atom. The van der Waals surface area contributed by atoms with Crippen molar-refractivity contribution in [1.82, 2.24) is 35.3 Å². The molecule has 19 heteroatoms. The van der Waals surface area contributed by atoms with Gasteiger partial charge in [0.2, 0.25) is 11.8 Å². The van der Waals surface area contributed by atoms with Crippen molar-refractivity contribution in [3.05, 3.63) is 128 Å². The van der Waals surface area contributed by atoms with Crippen LogP contribution in [0.5, 0.6) is 0 Å². The third kappa shape index (κ3) is 9.78. The van der Waals surface area contributed by atoms with E-state index < -0.39 is 76.7 Å². The maximum Gasteiger partial charge on any atom is 0.417 e. The number of alkyl halides is 3. The molecule has 8 rings (SSSR count). The van der Waals surface area contributed by atoms with E-state index in [4.69, 9.17) is 9.73 Å². The summed E-state index contributed by atoms with van der Waals surface area (Å²) in [6, 6.07) is 14.2. The molecule has 6 aromatic rings. The van der Waals surface area contributed by atoms with Gasteiger partial charge in [0, 0.05) is 29.0 Å². The molecule has 0 bridgehead atoms. The summed E-state index contributed by atoms with van der Waals surface area (Å²) < 4.78 is 51.9. The van der Waals surface area contributed by atoms with Crippen LogP contribution in [0.15, 0.2) is 77.2 Å². The molecular weight excluding hydrogens is 942 g/mol. The van der Waals surface area contributed by atoms with Crippen molar-refractivity contribution >= 4 is 52.1 Å². The lowest BCUT2D eigenvalue weighted by Crippen LogP contribution is -2.58. The number of hydrogen-bond donors (Lipinski definition) is 3. The van der Waals surface area contributed by atoms with Crippen molar-refractivity contribution in [2.24, 2.45) is 10.4 Å². The minimum atomic E-state index is -4.98. The standard InChI is InChI=1S/C51H53F3N8O6S2/c1-25-28(4)70-49-41(25)42(57-38(22-40(64)68-9)45-60-59-29(5)62(45)49)32-14-12-31(13-15-32)34-18-19-36(37(20-34)51(52,53)54)46(65)58-44(50(6,7)8)48(67)61-23-35(63)21-39(61)47(66)56-26(2)30-10-16-33(17-11-30)43-27(3)55-24-69-43/h10-20,24,26,35,38-39,44,63H,21-23H2,1-9H3,(H,56,66)(H,58,65)/t26-,35+,38-,39-,44+/m0/s1. The molecule has 14 nitrogen and oxygen atoms in total. The van der Waals surface area contributed by atoms with E-state index in [-0.39, 0.29) is 24.9 Å². The molecule has 70 heavy (non-hydrogen) atoms. The maximum atomic E-state index is 15.0. The van der Waals surface area contributed by atoms with Gasteiger partial charge < -0.3 is 25.4 Å². The smallest absolute Gasteiger partial charge is 0.417 e. The van der Waals surface area contributed by atoms with Crippen molar-refractivity contribution in [2.75, 3.05) is 13.7 Å². The zero-order valence-corrected chi connectivity index (χ0v) is 41.7. The first-order chi connectivity index (χ1) is 33.0. The van der Waals surface area contributed by atoms with Crippen LogP contribution in [-0.2, 0) is 25.3 Å². The maximum absolute atomic E-state index is 15.0. The fourth-order valence-electron chi connectivity index (χ4n) is 8.97. The number of aliphatic hydroxyl groups is 1. The summed E-state index contributed by atoms with van der Waals surface area (Å²) in [5.74, 6) is -1.76. The third-order valence-corrected chi connectivity index (χ3v) is 15.1. The van der Waals surface area contributed by atoms with Gasteiger partial charge in [0.1, 0.15) is 29.0 Å². The van der Waals surface area contributed by atoms with E-state index in [0.29, 0.717) is 28.5 Å². The quantitative estimate of drug-likeness (QED) is 0.107. The van der Waals surface area contributed by atoms with Gasteiger partial charge in [-0.3, -0.25) is 28.7 Å². The van der Waals surface area contributed by atoms with Crippen LogP contribution >= 0.6 is 22.7 Å². The second-order valence-electron chi connectivity index (χ2n) is 18.8. The molecule has 0 spiro atoms.